The lowest BCUT2D eigenvalue weighted by Gasteiger charge is -2.27. The lowest BCUT2D eigenvalue weighted by molar-refractivity contribution is -0.125. The third-order valence-corrected chi connectivity index (χ3v) is 2.33. The Labute approximate surface area is 87.4 Å². The summed E-state index contributed by atoms with van der Waals surface area (Å²) in [5.41, 5.74) is 5.66. The summed E-state index contributed by atoms with van der Waals surface area (Å²) in [5, 5.41) is 2.92. The first-order chi connectivity index (χ1) is 6.29. The molecule has 0 heterocycles. The van der Waals surface area contributed by atoms with Crippen molar-refractivity contribution in [3.05, 3.63) is 0 Å². The highest BCUT2D eigenvalue weighted by Crippen LogP contribution is 2.17. The van der Waals surface area contributed by atoms with Gasteiger partial charge in [-0.2, -0.15) is 0 Å². The van der Waals surface area contributed by atoms with Crippen molar-refractivity contribution in [1.29, 1.82) is 0 Å². The second-order valence-electron chi connectivity index (χ2n) is 5.04. The highest BCUT2D eigenvalue weighted by molar-refractivity contribution is 5.82. The van der Waals surface area contributed by atoms with Crippen LogP contribution in [0.4, 0.5) is 0 Å². The van der Waals surface area contributed by atoms with Gasteiger partial charge in [0.2, 0.25) is 5.91 Å². The topological polar surface area (TPSA) is 55.1 Å². The number of nitrogens with one attached hydrogen (secondary N) is 1. The molecule has 14 heavy (non-hydrogen) atoms. The molecule has 0 aliphatic rings. The first-order valence-corrected chi connectivity index (χ1v) is 5.35. The molecule has 0 spiro atoms. The number of rotatable bonds is 4. The maximum atomic E-state index is 11.6. The van der Waals surface area contributed by atoms with Crippen molar-refractivity contribution in [3.8, 4) is 0 Å². The molecule has 0 rings (SSSR count). The van der Waals surface area contributed by atoms with Crippen LogP contribution in [0.15, 0.2) is 0 Å². The summed E-state index contributed by atoms with van der Waals surface area (Å²) in [7, 11) is 0. The molecule has 0 saturated carbocycles. The molecule has 3 heteroatoms. The van der Waals surface area contributed by atoms with E-state index in [0.717, 1.165) is 12.8 Å². The highest BCUT2D eigenvalue weighted by Gasteiger charge is 2.27. The third-order valence-electron chi connectivity index (χ3n) is 2.33. The molecule has 0 aliphatic carbocycles. The molecule has 1 amide bonds. The lowest BCUT2D eigenvalue weighted by Crippen LogP contribution is -2.50. The largest absolute Gasteiger partial charge is 0.352 e. The van der Waals surface area contributed by atoms with Gasteiger partial charge in [-0.15, -0.1) is 0 Å². The van der Waals surface area contributed by atoms with E-state index in [2.05, 4.69) is 12.2 Å². The average Bonchev–Trinajstić information content (AvgIpc) is 2.01. The summed E-state index contributed by atoms with van der Waals surface area (Å²) < 4.78 is 0. The number of carbonyl (C=O) groups is 1. The van der Waals surface area contributed by atoms with E-state index in [0.29, 0.717) is 0 Å². The van der Waals surface area contributed by atoms with Gasteiger partial charge in [0.1, 0.15) is 0 Å². The van der Waals surface area contributed by atoms with Crippen LogP contribution in [0.3, 0.4) is 0 Å². The molecule has 0 radical (unpaired) electrons. The monoisotopic (exact) mass is 200 g/mol. The molecule has 84 valence electrons. The fraction of sp³-hybridized carbons (Fsp3) is 0.909. The summed E-state index contributed by atoms with van der Waals surface area (Å²) in [6.45, 7) is 10.0. The van der Waals surface area contributed by atoms with Gasteiger partial charge >= 0.3 is 0 Å². The molecule has 0 aliphatic heterocycles. The zero-order valence-corrected chi connectivity index (χ0v) is 10.1. The molecule has 3 N–H and O–H groups in total. The summed E-state index contributed by atoms with van der Waals surface area (Å²) in [5.74, 6) is -0.0431. The minimum atomic E-state index is -0.429. The standard InChI is InChI=1S/C11H24N2O/c1-6-7-8(2)13-10(14)9(12)11(3,4)5/h8-9H,6-7,12H2,1-5H3,(H,13,14)/t8?,9-/m1/s1. The second kappa shape index (κ2) is 5.35. The van der Waals surface area contributed by atoms with Crippen molar-refractivity contribution in [2.24, 2.45) is 11.1 Å². The van der Waals surface area contributed by atoms with E-state index in [-0.39, 0.29) is 17.4 Å². The number of amides is 1. The minimum Gasteiger partial charge on any atom is -0.352 e. The molecule has 0 aromatic carbocycles. The first-order valence-electron chi connectivity index (χ1n) is 5.35. The van der Waals surface area contributed by atoms with Crippen LogP contribution in [0, 0.1) is 5.41 Å². The Morgan fingerprint density at radius 2 is 1.93 bits per heavy atom. The van der Waals surface area contributed by atoms with Crippen LogP contribution >= 0.6 is 0 Å². The van der Waals surface area contributed by atoms with E-state index < -0.39 is 6.04 Å². The first kappa shape index (κ1) is 13.4. The van der Waals surface area contributed by atoms with E-state index in [4.69, 9.17) is 5.73 Å². The van der Waals surface area contributed by atoms with Crippen LogP contribution in [0.5, 0.6) is 0 Å². The molecular formula is C11H24N2O. The van der Waals surface area contributed by atoms with Gasteiger partial charge in [0, 0.05) is 6.04 Å². The van der Waals surface area contributed by atoms with Gasteiger partial charge in [0.25, 0.3) is 0 Å². The number of hydrogen-bond acceptors (Lipinski definition) is 2. The molecule has 0 aromatic heterocycles. The van der Waals surface area contributed by atoms with Crippen LogP contribution in [-0.4, -0.2) is 18.0 Å². The summed E-state index contributed by atoms with van der Waals surface area (Å²) in [6.07, 6.45) is 2.08. The minimum absolute atomic E-state index is 0.0431. The van der Waals surface area contributed by atoms with Crippen molar-refractivity contribution in [2.45, 2.75) is 59.5 Å². The third kappa shape index (κ3) is 4.61. The average molecular weight is 200 g/mol. The zero-order chi connectivity index (χ0) is 11.4. The SMILES string of the molecule is CCCC(C)NC(=O)[C@@H](N)C(C)(C)C. The predicted octanol–water partition coefficient (Wildman–Crippen LogP) is 1.66. The van der Waals surface area contributed by atoms with E-state index >= 15 is 0 Å². The van der Waals surface area contributed by atoms with Crippen molar-refractivity contribution < 1.29 is 4.79 Å². The Morgan fingerprint density at radius 3 is 2.29 bits per heavy atom. The quantitative estimate of drug-likeness (QED) is 0.725. The van der Waals surface area contributed by atoms with E-state index in [9.17, 15) is 4.79 Å². The van der Waals surface area contributed by atoms with Crippen LogP contribution in [0.1, 0.15) is 47.5 Å². The number of carbonyl (C=O) groups excluding carboxylic acids is 1. The highest BCUT2D eigenvalue weighted by atomic mass is 16.2. The molecule has 2 atom stereocenters. The van der Waals surface area contributed by atoms with Gasteiger partial charge in [-0.25, -0.2) is 0 Å². The molecule has 1 unspecified atom stereocenters. The van der Waals surface area contributed by atoms with Gasteiger partial charge in [0.05, 0.1) is 6.04 Å². The van der Waals surface area contributed by atoms with Crippen LogP contribution < -0.4 is 11.1 Å². The Kier molecular flexibility index (Phi) is 5.13. The van der Waals surface area contributed by atoms with Crippen molar-refractivity contribution >= 4 is 5.91 Å². The smallest absolute Gasteiger partial charge is 0.237 e. The van der Waals surface area contributed by atoms with E-state index in [1.807, 2.05) is 27.7 Å². The predicted molar refractivity (Wildman–Crippen MR) is 59.9 cm³/mol. The summed E-state index contributed by atoms with van der Waals surface area (Å²) in [6, 6.07) is -0.206. The molecule has 0 bridgehead atoms. The molecule has 0 saturated heterocycles. The molecule has 0 aromatic rings. The number of nitrogens with two attached hydrogens (primary N) is 1. The van der Waals surface area contributed by atoms with Crippen molar-refractivity contribution in [2.75, 3.05) is 0 Å². The molecule has 0 fully saturated rings. The second-order valence-corrected chi connectivity index (χ2v) is 5.04. The fourth-order valence-corrected chi connectivity index (χ4v) is 1.23. The summed E-state index contributed by atoms with van der Waals surface area (Å²) in [4.78, 5) is 11.6. The zero-order valence-electron chi connectivity index (χ0n) is 10.1. The Morgan fingerprint density at radius 1 is 1.43 bits per heavy atom. The Balaban J connectivity index is 4.08. The van der Waals surface area contributed by atoms with Gasteiger partial charge < -0.3 is 11.1 Å². The normalized spacial score (nSPS) is 16.1. The van der Waals surface area contributed by atoms with E-state index in [1.54, 1.807) is 0 Å². The number of hydrogen-bond donors (Lipinski definition) is 2. The van der Waals surface area contributed by atoms with Crippen LogP contribution in [0.2, 0.25) is 0 Å². The molecular weight excluding hydrogens is 176 g/mol. The van der Waals surface area contributed by atoms with Gasteiger partial charge in [-0.05, 0) is 18.8 Å². The van der Waals surface area contributed by atoms with Crippen molar-refractivity contribution in [3.63, 3.8) is 0 Å². The van der Waals surface area contributed by atoms with Gasteiger partial charge in [0.15, 0.2) is 0 Å². The maximum Gasteiger partial charge on any atom is 0.237 e. The van der Waals surface area contributed by atoms with Crippen molar-refractivity contribution in [1.82, 2.24) is 5.32 Å². The van der Waals surface area contributed by atoms with Gasteiger partial charge in [-0.3, -0.25) is 4.79 Å². The molecule has 3 nitrogen and oxygen atoms in total. The van der Waals surface area contributed by atoms with Crippen LogP contribution in [-0.2, 0) is 4.79 Å². The van der Waals surface area contributed by atoms with Gasteiger partial charge in [-0.1, -0.05) is 34.1 Å². The lowest BCUT2D eigenvalue weighted by atomic mass is 9.87. The Hall–Kier alpha value is -0.570. The van der Waals surface area contributed by atoms with E-state index in [1.165, 1.54) is 0 Å². The summed E-state index contributed by atoms with van der Waals surface area (Å²) >= 11 is 0. The van der Waals surface area contributed by atoms with Crippen LogP contribution in [0.25, 0.3) is 0 Å². The maximum absolute atomic E-state index is 11.6. The Bertz CT molecular complexity index is 184. The fourth-order valence-electron chi connectivity index (χ4n) is 1.23.